The first-order valence-electron chi connectivity index (χ1n) is 5.24. The van der Waals surface area contributed by atoms with E-state index in [-0.39, 0.29) is 12.8 Å². The van der Waals surface area contributed by atoms with Gasteiger partial charge in [0.25, 0.3) is 0 Å². The zero-order chi connectivity index (χ0) is 12.6. The molecular weight excluding hydrogens is 232 g/mol. The van der Waals surface area contributed by atoms with Crippen LogP contribution in [0, 0.1) is 10.8 Å². The van der Waals surface area contributed by atoms with E-state index in [0.717, 1.165) is 0 Å². The van der Waals surface area contributed by atoms with Gasteiger partial charge in [0.05, 0.1) is 0 Å². The van der Waals surface area contributed by atoms with Crippen LogP contribution in [-0.4, -0.2) is 17.5 Å². The van der Waals surface area contributed by atoms with Gasteiger partial charge in [0, 0.05) is 6.42 Å². The minimum atomic E-state index is -1.40. The monoisotopic (exact) mass is 246 g/mol. The van der Waals surface area contributed by atoms with Crippen molar-refractivity contribution in [1.29, 1.82) is 0 Å². The van der Waals surface area contributed by atoms with Gasteiger partial charge >= 0.3 is 5.97 Å². The van der Waals surface area contributed by atoms with Gasteiger partial charge in [-0.05, 0) is 11.8 Å². The number of hydrogen-bond acceptors (Lipinski definition) is 4. The molecule has 5 heteroatoms. The van der Waals surface area contributed by atoms with Crippen molar-refractivity contribution in [2.75, 3.05) is 0 Å². The summed E-state index contributed by atoms with van der Waals surface area (Å²) >= 11 is 5.08. The summed E-state index contributed by atoms with van der Waals surface area (Å²) in [6, 6.07) is 0. The average Bonchev–Trinajstić information content (AvgIpc) is 2.38. The van der Waals surface area contributed by atoms with Gasteiger partial charge in [-0.15, -0.1) is 0 Å². The van der Waals surface area contributed by atoms with Crippen LogP contribution < -0.4 is 0 Å². The van der Waals surface area contributed by atoms with Gasteiger partial charge in [-0.25, -0.2) is 4.79 Å². The quantitative estimate of drug-likeness (QED) is 0.565. The van der Waals surface area contributed by atoms with E-state index in [0.29, 0.717) is 6.42 Å². The summed E-state index contributed by atoms with van der Waals surface area (Å²) in [4.78, 5) is 35.2. The van der Waals surface area contributed by atoms with Crippen molar-refractivity contribution in [1.82, 2.24) is 0 Å². The third kappa shape index (κ3) is 1.56. The summed E-state index contributed by atoms with van der Waals surface area (Å²) in [6.45, 7) is 5.29. The predicted molar refractivity (Wildman–Crippen MR) is 57.7 cm³/mol. The Balaban J connectivity index is 3.32. The summed E-state index contributed by atoms with van der Waals surface area (Å²) in [6.07, 6.45) is 0.961. The lowest BCUT2D eigenvalue weighted by Gasteiger charge is -2.35. The zero-order valence-corrected chi connectivity index (χ0v) is 10.4. The molecule has 0 N–H and O–H groups in total. The lowest BCUT2D eigenvalue weighted by atomic mass is 9.65. The second-order valence-corrected chi connectivity index (χ2v) is 4.99. The Morgan fingerprint density at radius 2 is 2.00 bits per heavy atom. The van der Waals surface area contributed by atoms with Gasteiger partial charge in [0.15, 0.2) is 5.78 Å². The zero-order valence-electron chi connectivity index (χ0n) is 9.63. The Labute approximate surface area is 99.5 Å². The Hall–Kier alpha value is -0.900. The highest BCUT2D eigenvalue weighted by molar-refractivity contribution is 6.46. The van der Waals surface area contributed by atoms with Crippen LogP contribution in [0.15, 0.2) is 0 Å². The maximum atomic E-state index is 11.9. The molecule has 1 saturated carbocycles. The van der Waals surface area contributed by atoms with Crippen molar-refractivity contribution in [3.63, 3.8) is 0 Å². The third-order valence-electron chi connectivity index (χ3n) is 3.44. The molecule has 1 unspecified atom stereocenters. The number of carbonyl (C=O) groups excluding carboxylic acids is 3. The van der Waals surface area contributed by atoms with Crippen LogP contribution in [0.4, 0.5) is 0 Å². The molecule has 0 saturated heterocycles. The van der Waals surface area contributed by atoms with Gasteiger partial charge in [0.2, 0.25) is 5.78 Å². The molecule has 1 rings (SSSR count). The number of ketones is 2. The normalized spacial score (nSPS) is 28.2. The molecule has 1 aliphatic rings. The molecule has 0 amide bonds. The van der Waals surface area contributed by atoms with E-state index in [2.05, 4.69) is 4.29 Å². The van der Waals surface area contributed by atoms with Crippen LogP contribution in [0.25, 0.3) is 0 Å². The summed E-state index contributed by atoms with van der Waals surface area (Å²) < 4.78 is 4.20. The highest BCUT2D eigenvalue weighted by Gasteiger charge is 2.64. The standard InChI is InChI=1S/C11H15ClO4/c1-4-5-11(9(15)16-12)8(14)7(13)6-10(11,2)3/h4-6H2,1-3H3. The number of Topliss-reactive ketones (excluding diaryl/α,β-unsaturated/α-hetero) is 2. The van der Waals surface area contributed by atoms with E-state index in [9.17, 15) is 14.4 Å². The predicted octanol–water partition coefficient (Wildman–Crippen LogP) is 2.04. The van der Waals surface area contributed by atoms with Crippen LogP contribution in [0.2, 0.25) is 0 Å². The van der Waals surface area contributed by atoms with Crippen LogP contribution in [0.5, 0.6) is 0 Å². The fourth-order valence-electron chi connectivity index (χ4n) is 2.54. The molecule has 1 fully saturated rings. The van der Waals surface area contributed by atoms with Crippen molar-refractivity contribution in [2.45, 2.75) is 40.0 Å². The first-order valence-corrected chi connectivity index (χ1v) is 5.55. The van der Waals surface area contributed by atoms with Crippen molar-refractivity contribution < 1.29 is 18.7 Å². The second kappa shape index (κ2) is 4.17. The van der Waals surface area contributed by atoms with Gasteiger partial charge in [0.1, 0.15) is 17.3 Å². The van der Waals surface area contributed by atoms with Crippen molar-refractivity contribution >= 4 is 29.4 Å². The van der Waals surface area contributed by atoms with E-state index in [1.165, 1.54) is 0 Å². The molecule has 0 bridgehead atoms. The summed E-state index contributed by atoms with van der Waals surface area (Å²) in [7, 11) is 0. The molecule has 0 aromatic carbocycles. The number of rotatable bonds is 3. The molecule has 0 aromatic heterocycles. The number of hydrogen-bond donors (Lipinski definition) is 0. The second-order valence-electron chi connectivity index (χ2n) is 4.83. The molecule has 90 valence electrons. The van der Waals surface area contributed by atoms with E-state index in [1.54, 1.807) is 13.8 Å². The summed E-state index contributed by atoms with van der Waals surface area (Å²) in [5.41, 5.74) is -2.14. The molecule has 0 aliphatic heterocycles. The van der Waals surface area contributed by atoms with E-state index < -0.39 is 28.4 Å². The smallest absolute Gasteiger partial charge is 0.339 e. The largest absolute Gasteiger partial charge is 0.346 e. The Bertz CT molecular complexity index is 348. The molecule has 0 aromatic rings. The Morgan fingerprint density at radius 3 is 2.31 bits per heavy atom. The highest BCUT2D eigenvalue weighted by atomic mass is 35.5. The minimum Gasteiger partial charge on any atom is -0.346 e. The van der Waals surface area contributed by atoms with Gasteiger partial charge in [-0.3, -0.25) is 9.59 Å². The first kappa shape index (κ1) is 13.2. The number of carbonyl (C=O) groups is 3. The van der Waals surface area contributed by atoms with Crippen LogP contribution in [0.1, 0.15) is 40.0 Å². The molecule has 0 spiro atoms. The fourth-order valence-corrected chi connectivity index (χ4v) is 2.67. The third-order valence-corrected chi connectivity index (χ3v) is 3.58. The van der Waals surface area contributed by atoms with Crippen LogP contribution in [-0.2, 0) is 18.7 Å². The fraction of sp³-hybridized carbons (Fsp3) is 0.727. The van der Waals surface area contributed by atoms with Crippen molar-refractivity contribution in [2.24, 2.45) is 10.8 Å². The molecule has 4 nitrogen and oxygen atoms in total. The lowest BCUT2D eigenvalue weighted by molar-refractivity contribution is -0.158. The summed E-state index contributed by atoms with van der Waals surface area (Å²) in [5, 5.41) is 0. The van der Waals surface area contributed by atoms with E-state index in [1.807, 2.05) is 6.92 Å². The van der Waals surface area contributed by atoms with Gasteiger partial charge in [-0.2, -0.15) is 0 Å². The highest BCUT2D eigenvalue weighted by Crippen LogP contribution is 2.52. The molecular formula is C11H15ClO4. The Morgan fingerprint density at radius 1 is 1.44 bits per heavy atom. The lowest BCUT2D eigenvalue weighted by Crippen LogP contribution is -2.46. The maximum Gasteiger partial charge on any atom is 0.339 e. The van der Waals surface area contributed by atoms with Crippen molar-refractivity contribution in [3.05, 3.63) is 0 Å². The SMILES string of the molecule is CCCC1(C(=O)OCl)C(=O)C(=O)CC1(C)C. The van der Waals surface area contributed by atoms with Crippen molar-refractivity contribution in [3.8, 4) is 0 Å². The summed E-state index contributed by atoms with van der Waals surface area (Å²) in [5.74, 6) is -1.98. The maximum absolute atomic E-state index is 11.9. The molecule has 1 aliphatic carbocycles. The molecule has 1 atom stereocenters. The Kier molecular flexibility index (Phi) is 3.43. The minimum absolute atomic E-state index is 0.0673. The van der Waals surface area contributed by atoms with E-state index in [4.69, 9.17) is 11.9 Å². The number of halogens is 1. The van der Waals surface area contributed by atoms with Crippen LogP contribution in [0.3, 0.4) is 0 Å². The molecule has 0 heterocycles. The van der Waals surface area contributed by atoms with Gasteiger partial charge < -0.3 is 4.29 Å². The van der Waals surface area contributed by atoms with Gasteiger partial charge in [-0.1, -0.05) is 27.2 Å². The first-order chi connectivity index (χ1) is 7.33. The topological polar surface area (TPSA) is 60.4 Å². The molecule has 16 heavy (non-hydrogen) atoms. The molecule has 0 radical (unpaired) electrons. The van der Waals surface area contributed by atoms with E-state index >= 15 is 0 Å². The average molecular weight is 247 g/mol. The van der Waals surface area contributed by atoms with Crippen LogP contribution >= 0.6 is 11.9 Å².